The Balaban J connectivity index is 1.89. The number of rotatable bonds is 6. The minimum absolute atomic E-state index is 0.493. The van der Waals surface area contributed by atoms with Crippen molar-refractivity contribution in [2.24, 2.45) is 0 Å². The van der Waals surface area contributed by atoms with Crippen molar-refractivity contribution in [3.8, 4) is 5.75 Å². The predicted octanol–water partition coefficient (Wildman–Crippen LogP) is 2.94. The highest BCUT2D eigenvalue weighted by Gasteiger charge is 2.23. The molecule has 0 radical (unpaired) electrons. The third kappa shape index (κ3) is 3.24. The lowest BCUT2D eigenvalue weighted by molar-refractivity contribution is 0.303. The Morgan fingerprint density at radius 2 is 2.00 bits per heavy atom. The van der Waals surface area contributed by atoms with Gasteiger partial charge in [0.25, 0.3) is 0 Å². The van der Waals surface area contributed by atoms with E-state index in [1.54, 1.807) is 0 Å². The Morgan fingerprint density at radius 3 is 2.56 bits per heavy atom. The minimum atomic E-state index is 0.493. The normalized spacial score (nSPS) is 17.1. The molecule has 0 saturated heterocycles. The van der Waals surface area contributed by atoms with Crippen LogP contribution in [0.5, 0.6) is 5.75 Å². The zero-order valence-electron chi connectivity index (χ0n) is 10.2. The summed E-state index contributed by atoms with van der Waals surface area (Å²) in [4.78, 5) is 0. The summed E-state index contributed by atoms with van der Waals surface area (Å²) in [5.74, 6) is 1.63. The van der Waals surface area contributed by atoms with E-state index in [0.29, 0.717) is 12.0 Å². The molecule has 1 fully saturated rings. The van der Waals surface area contributed by atoms with E-state index in [4.69, 9.17) is 4.74 Å². The van der Waals surface area contributed by atoms with Crippen LogP contribution in [0.1, 0.15) is 37.7 Å². The zero-order valence-corrected chi connectivity index (χ0v) is 10.2. The third-order valence-electron chi connectivity index (χ3n) is 3.10. The maximum Gasteiger partial charge on any atom is 0.119 e. The molecule has 16 heavy (non-hydrogen) atoms. The van der Waals surface area contributed by atoms with Gasteiger partial charge >= 0.3 is 0 Å². The molecule has 0 aliphatic heterocycles. The van der Waals surface area contributed by atoms with Crippen LogP contribution in [0.3, 0.4) is 0 Å². The Hall–Kier alpha value is -1.02. The summed E-state index contributed by atoms with van der Waals surface area (Å²) in [5, 5.41) is 3.19. The van der Waals surface area contributed by atoms with Gasteiger partial charge < -0.3 is 10.1 Å². The molecule has 1 atom stereocenters. The Labute approximate surface area is 98.0 Å². The maximum atomic E-state index is 5.73. The summed E-state index contributed by atoms with van der Waals surface area (Å²) in [6.07, 6.45) is 4.12. The van der Waals surface area contributed by atoms with Gasteiger partial charge in [0, 0.05) is 0 Å². The topological polar surface area (TPSA) is 21.3 Å². The van der Waals surface area contributed by atoms with Gasteiger partial charge in [-0.15, -0.1) is 0 Å². The molecule has 0 heterocycles. The maximum absolute atomic E-state index is 5.73. The van der Waals surface area contributed by atoms with E-state index in [0.717, 1.165) is 12.3 Å². The van der Waals surface area contributed by atoms with Crippen molar-refractivity contribution < 1.29 is 4.74 Å². The largest absolute Gasteiger partial charge is 0.490 e. The number of hydrogen-bond donors (Lipinski definition) is 1. The lowest BCUT2D eigenvalue weighted by Crippen LogP contribution is -2.10. The zero-order chi connectivity index (χ0) is 11.4. The number of ether oxygens (including phenoxy) is 1. The molecular weight excluding hydrogens is 198 g/mol. The van der Waals surface area contributed by atoms with Crippen LogP contribution in [0.15, 0.2) is 24.3 Å². The van der Waals surface area contributed by atoms with Crippen molar-refractivity contribution >= 4 is 0 Å². The summed E-state index contributed by atoms with van der Waals surface area (Å²) in [7, 11) is 2.00. The van der Waals surface area contributed by atoms with Crippen LogP contribution in [0.2, 0.25) is 0 Å². The Morgan fingerprint density at radius 1 is 1.31 bits per heavy atom. The molecule has 1 aromatic rings. The van der Waals surface area contributed by atoms with E-state index < -0.39 is 0 Å². The first kappa shape index (κ1) is 11.5. The van der Waals surface area contributed by atoms with Gasteiger partial charge in [0.2, 0.25) is 0 Å². The molecule has 1 aliphatic carbocycles. The SMILES string of the molecule is CNCCC(C)c1ccc(OC2CC2)cc1. The van der Waals surface area contributed by atoms with Crippen LogP contribution in [-0.4, -0.2) is 19.7 Å². The highest BCUT2D eigenvalue weighted by Crippen LogP contribution is 2.28. The van der Waals surface area contributed by atoms with Crippen molar-refractivity contribution in [3.63, 3.8) is 0 Å². The lowest BCUT2D eigenvalue weighted by Gasteiger charge is -2.12. The number of benzene rings is 1. The summed E-state index contributed by atoms with van der Waals surface area (Å²) < 4.78 is 5.73. The second kappa shape index (κ2) is 5.35. The molecule has 0 aromatic heterocycles. The van der Waals surface area contributed by atoms with Gasteiger partial charge in [0.15, 0.2) is 0 Å². The molecule has 2 nitrogen and oxygen atoms in total. The molecule has 1 N–H and O–H groups in total. The summed E-state index contributed by atoms with van der Waals surface area (Å²) in [6, 6.07) is 8.59. The first-order valence-electron chi connectivity index (χ1n) is 6.21. The molecule has 88 valence electrons. The minimum Gasteiger partial charge on any atom is -0.490 e. The smallest absolute Gasteiger partial charge is 0.119 e. The van der Waals surface area contributed by atoms with E-state index in [-0.39, 0.29) is 0 Å². The van der Waals surface area contributed by atoms with Crippen LogP contribution < -0.4 is 10.1 Å². The van der Waals surface area contributed by atoms with Crippen LogP contribution in [-0.2, 0) is 0 Å². The van der Waals surface area contributed by atoms with E-state index in [1.165, 1.54) is 24.8 Å². The fourth-order valence-electron chi connectivity index (χ4n) is 1.78. The average Bonchev–Trinajstić information content (AvgIpc) is 3.11. The summed E-state index contributed by atoms with van der Waals surface area (Å²) in [5.41, 5.74) is 1.40. The van der Waals surface area contributed by atoms with Gasteiger partial charge in [-0.1, -0.05) is 19.1 Å². The van der Waals surface area contributed by atoms with Crippen molar-refractivity contribution in [3.05, 3.63) is 29.8 Å². The first-order valence-corrected chi connectivity index (χ1v) is 6.21. The van der Waals surface area contributed by atoms with Crippen LogP contribution in [0, 0.1) is 0 Å². The second-order valence-corrected chi connectivity index (χ2v) is 4.68. The summed E-state index contributed by atoms with van der Waals surface area (Å²) >= 11 is 0. The highest BCUT2D eigenvalue weighted by molar-refractivity contribution is 5.29. The van der Waals surface area contributed by atoms with Crippen LogP contribution in [0.4, 0.5) is 0 Å². The van der Waals surface area contributed by atoms with Gasteiger partial charge in [-0.25, -0.2) is 0 Å². The van der Waals surface area contributed by atoms with E-state index in [9.17, 15) is 0 Å². The molecule has 0 amide bonds. The van der Waals surface area contributed by atoms with Crippen molar-refractivity contribution in [1.82, 2.24) is 5.32 Å². The first-order chi connectivity index (χ1) is 7.79. The average molecular weight is 219 g/mol. The standard InChI is InChI=1S/C14H21NO/c1-11(9-10-15-2)12-3-5-13(6-4-12)16-14-7-8-14/h3-6,11,14-15H,7-10H2,1-2H3. The highest BCUT2D eigenvalue weighted by atomic mass is 16.5. The molecule has 0 bridgehead atoms. The van der Waals surface area contributed by atoms with Gasteiger partial charge in [-0.2, -0.15) is 0 Å². The van der Waals surface area contributed by atoms with E-state index >= 15 is 0 Å². The van der Waals surface area contributed by atoms with Gasteiger partial charge in [-0.05, 0) is 56.5 Å². The second-order valence-electron chi connectivity index (χ2n) is 4.68. The van der Waals surface area contributed by atoms with E-state index in [2.05, 4.69) is 36.5 Å². The quantitative estimate of drug-likeness (QED) is 0.794. The Kier molecular flexibility index (Phi) is 3.83. The number of nitrogens with one attached hydrogen (secondary N) is 1. The van der Waals surface area contributed by atoms with E-state index in [1.807, 2.05) is 7.05 Å². The predicted molar refractivity (Wildman–Crippen MR) is 67.1 cm³/mol. The monoisotopic (exact) mass is 219 g/mol. The molecule has 2 rings (SSSR count). The molecule has 1 aliphatic rings. The van der Waals surface area contributed by atoms with Crippen molar-refractivity contribution in [1.29, 1.82) is 0 Å². The molecule has 1 unspecified atom stereocenters. The fourth-order valence-corrected chi connectivity index (χ4v) is 1.78. The molecular formula is C14H21NO. The fraction of sp³-hybridized carbons (Fsp3) is 0.571. The molecule has 1 saturated carbocycles. The third-order valence-corrected chi connectivity index (χ3v) is 3.10. The molecule has 2 heteroatoms. The number of hydrogen-bond acceptors (Lipinski definition) is 2. The lowest BCUT2D eigenvalue weighted by atomic mass is 9.98. The molecule has 0 spiro atoms. The van der Waals surface area contributed by atoms with Crippen molar-refractivity contribution in [2.75, 3.05) is 13.6 Å². The van der Waals surface area contributed by atoms with Crippen LogP contribution >= 0.6 is 0 Å². The van der Waals surface area contributed by atoms with Crippen LogP contribution in [0.25, 0.3) is 0 Å². The Bertz CT molecular complexity index is 316. The molecule has 1 aromatic carbocycles. The summed E-state index contributed by atoms with van der Waals surface area (Å²) in [6.45, 7) is 3.34. The van der Waals surface area contributed by atoms with Gasteiger partial charge in [-0.3, -0.25) is 0 Å². The van der Waals surface area contributed by atoms with Gasteiger partial charge in [0.1, 0.15) is 5.75 Å². The van der Waals surface area contributed by atoms with Crippen molar-refractivity contribution in [2.45, 2.75) is 38.2 Å². The van der Waals surface area contributed by atoms with Gasteiger partial charge in [0.05, 0.1) is 6.10 Å².